The molecule has 0 heterocycles. The molecule has 0 unspecified atom stereocenters. The summed E-state index contributed by atoms with van der Waals surface area (Å²) in [5.41, 5.74) is -0.0827. The molecule has 0 aliphatic rings. The predicted octanol–water partition coefficient (Wildman–Crippen LogP) is 5.27. The maximum atomic E-state index is 12.5. The molecule has 0 atom stereocenters. The molecule has 27 heavy (non-hydrogen) atoms. The number of nitro benzene ring substituents is 1. The summed E-state index contributed by atoms with van der Waals surface area (Å²) in [6.07, 6.45) is 6.44. The highest BCUT2D eigenvalue weighted by Crippen LogP contribution is 2.35. The first kappa shape index (κ1) is 20.4. The Morgan fingerprint density at radius 3 is 2.41 bits per heavy atom. The van der Waals surface area contributed by atoms with Crippen molar-refractivity contribution in [1.29, 1.82) is 0 Å². The quantitative estimate of drug-likeness (QED) is 0.251. The molecule has 0 fully saturated rings. The van der Waals surface area contributed by atoms with Gasteiger partial charge in [-0.15, -0.1) is 0 Å². The van der Waals surface area contributed by atoms with Crippen molar-refractivity contribution in [2.45, 2.75) is 45.4 Å². The average molecular weight is 371 g/mol. The molecule has 0 spiro atoms. The molecule has 2 aromatic rings. The first-order chi connectivity index (χ1) is 13.0. The number of unbranched alkanes of at least 4 members (excludes halogenated alkanes) is 5. The van der Waals surface area contributed by atoms with Gasteiger partial charge in [0.1, 0.15) is 5.75 Å². The molecule has 2 aromatic carbocycles. The number of carbonyl (C=O) groups excluding carboxylic acids is 1. The van der Waals surface area contributed by atoms with Gasteiger partial charge in [0.15, 0.2) is 5.78 Å². The fourth-order valence-electron chi connectivity index (χ4n) is 2.81. The SMILES string of the molecule is CCCCCCCCOc1cc(O)c(C(=O)c2ccccc2)cc1[N+](=O)[O-]. The lowest BCUT2D eigenvalue weighted by molar-refractivity contribution is -0.385. The van der Waals surface area contributed by atoms with Crippen LogP contribution in [-0.2, 0) is 0 Å². The first-order valence-corrected chi connectivity index (χ1v) is 9.28. The number of aromatic hydroxyl groups is 1. The molecule has 144 valence electrons. The number of nitro groups is 1. The van der Waals surface area contributed by atoms with Crippen LogP contribution in [-0.4, -0.2) is 22.4 Å². The summed E-state index contributed by atoms with van der Waals surface area (Å²) in [4.78, 5) is 23.3. The maximum Gasteiger partial charge on any atom is 0.311 e. The molecule has 0 aliphatic heterocycles. The average Bonchev–Trinajstić information content (AvgIpc) is 2.67. The molecule has 6 nitrogen and oxygen atoms in total. The summed E-state index contributed by atoms with van der Waals surface area (Å²) < 4.78 is 5.51. The number of phenols is 1. The van der Waals surface area contributed by atoms with Crippen molar-refractivity contribution in [2.24, 2.45) is 0 Å². The van der Waals surface area contributed by atoms with Gasteiger partial charge in [-0.25, -0.2) is 0 Å². The van der Waals surface area contributed by atoms with Crippen molar-refractivity contribution < 1.29 is 19.6 Å². The Labute approximate surface area is 158 Å². The van der Waals surface area contributed by atoms with E-state index in [1.165, 1.54) is 19.3 Å². The van der Waals surface area contributed by atoms with Gasteiger partial charge in [0.05, 0.1) is 17.1 Å². The fraction of sp³-hybridized carbons (Fsp3) is 0.381. The second kappa shape index (κ2) is 10.3. The van der Waals surface area contributed by atoms with Gasteiger partial charge in [-0.2, -0.15) is 0 Å². The van der Waals surface area contributed by atoms with Crippen LogP contribution in [0.2, 0.25) is 0 Å². The van der Waals surface area contributed by atoms with E-state index in [-0.39, 0.29) is 22.7 Å². The van der Waals surface area contributed by atoms with Crippen LogP contribution in [0.4, 0.5) is 5.69 Å². The van der Waals surface area contributed by atoms with Crippen molar-refractivity contribution in [3.8, 4) is 11.5 Å². The number of nitrogens with zero attached hydrogens (tertiary/aromatic N) is 1. The van der Waals surface area contributed by atoms with E-state index in [2.05, 4.69) is 6.92 Å². The van der Waals surface area contributed by atoms with Gasteiger partial charge in [-0.05, 0) is 6.42 Å². The van der Waals surface area contributed by atoms with Crippen LogP contribution in [0.1, 0.15) is 61.4 Å². The zero-order chi connectivity index (χ0) is 19.6. The monoisotopic (exact) mass is 371 g/mol. The predicted molar refractivity (Wildman–Crippen MR) is 104 cm³/mol. The molecular weight excluding hydrogens is 346 g/mol. The van der Waals surface area contributed by atoms with Gasteiger partial charge in [-0.3, -0.25) is 14.9 Å². The number of hydrogen-bond acceptors (Lipinski definition) is 5. The second-order valence-electron chi connectivity index (χ2n) is 6.41. The summed E-state index contributed by atoms with van der Waals surface area (Å²) in [5.74, 6) is -0.818. The first-order valence-electron chi connectivity index (χ1n) is 9.28. The van der Waals surface area contributed by atoms with Crippen LogP contribution >= 0.6 is 0 Å². The maximum absolute atomic E-state index is 12.5. The number of ketones is 1. The Bertz CT molecular complexity index is 774. The molecule has 0 amide bonds. The van der Waals surface area contributed by atoms with Gasteiger partial charge in [0.25, 0.3) is 0 Å². The number of benzene rings is 2. The summed E-state index contributed by atoms with van der Waals surface area (Å²) in [6, 6.07) is 10.6. The van der Waals surface area contributed by atoms with E-state index in [0.29, 0.717) is 12.2 Å². The third kappa shape index (κ3) is 5.81. The second-order valence-corrected chi connectivity index (χ2v) is 6.41. The third-order valence-electron chi connectivity index (χ3n) is 4.31. The molecule has 0 aromatic heterocycles. The van der Waals surface area contributed by atoms with Crippen molar-refractivity contribution in [3.63, 3.8) is 0 Å². The Morgan fingerprint density at radius 1 is 1.07 bits per heavy atom. The Morgan fingerprint density at radius 2 is 1.74 bits per heavy atom. The highest BCUT2D eigenvalue weighted by atomic mass is 16.6. The van der Waals surface area contributed by atoms with Crippen molar-refractivity contribution in [2.75, 3.05) is 6.61 Å². The van der Waals surface area contributed by atoms with Gasteiger partial charge in [0.2, 0.25) is 5.75 Å². The van der Waals surface area contributed by atoms with Crippen LogP contribution in [0.15, 0.2) is 42.5 Å². The smallest absolute Gasteiger partial charge is 0.311 e. The summed E-state index contributed by atoms with van der Waals surface area (Å²) >= 11 is 0. The molecule has 6 heteroatoms. The van der Waals surface area contributed by atoms with E-state index < -0.39 is 10.7 Å². The highest BCUT2D eigenvalue weighted by Gasteiger charge is 2.23. The molecule has 0 saturated heterocycles. The van der Waals surface area contributed by atoms with Crippen LogP contribution in [0.5, 0.6) is 11.5 Å². The van der Waals surface area contributed by atoms with Crippen LogP contribution < -0.4 is 4.74 Å². The van der Waals surface area contributed by atoms with Gasteiger partial charge in [0, 0.05) is 17.7 Å². The minimum absolute atomic E-state index is 0.0179. The van der Waals surface area contributed by atoms with E-state index in [4.69, 9.17) is 4.74 Å². The standard InChI is InChI=1S/C21H25NO5/c1-2-3-4-5-6-10-13-27-20-15-19(23)17(14-18(20)22(25)26)21(24)16-11-8-7-9-12-16/h7-9,11-12,14-15,23H,2-6,10,13H2,1H3. The Hall–Kier alpha value is -2.89. The lowest BCUT2D eigenvalue weighted by Gasteiger charge is -2.10. The number of ether oxygens (including phenoxy) is 1. The molecule has 0 aliphatic carbocycles. The number of carbonyl (C=O) groups is 1. The zero-order valence-corrected chi connectivity index (χ0v) is 15.5. The van der Waals surface area contributed by atoms with Crippen LogP contribution in [0.3, 0.4) is 0 Å². The number of rotatable bonds is 11. The van der Waals surface area contributed by atoms with Crippen LogP contribution in [0, 0.1) is 10.1 Å². The van der Waals surface area contributed by atoms with Crippen molar-refractivity contribution in [1.82, 2.24) is 0 Å². The van der Waals surface area contributed by atoms with E-state index in [9.17, 15) is 20.0 Å². The molecule has 0 radical (unpaired) electrons. The van der Waals surface area contributed by atoms with Crippen molar-refractivity contribution in [3.05, 3.63) is 63.7 Å². The lowest BCUT2D eigenvalue weighted by Crippen LogP contribution is -2.05. The van der Waals surface area contributed by atoms with Gasteiger partial charge >= 0.3 is 5.69 Å². The lowest BCUT2D eigenvalue weighted by atomic mass is 10.0. The molecule has 1 N–H and O–H groups in total. The largest absolute Gasteiger partial charge is 0.507 e. The van der Waals surface area contributed by atoms with E-state index in [1.54, 1.807) is 30.3 Å². The fourth-order valence-corrected chi connectivity index (χ4v) is 2.81. The van der Waals surface area contributed by atoms with Crippen molar-refractivity contribution >= 4 is 11.5 Å². The zero-order valence-electron chi connectivity index (χ0n) is 15.5. The normalized spacial score (nSPS) is 10.6. The van der Waals surface area contributed by atoms with E-state index in [0.717, 1.165) is 31.4 Å². The highest BCUT2D eigenvalue weighted by molar-refractivity contribution is 6.11. The van der Waals surface area contributed by atoms with E-state index >= 15 is 0 Å². The molecular formula is C21H25NO5. The van der Waals surface area contributed by atoms with Gasteiger partial charge < -0.3 is 9.84 Å². The molecule has 0 bridgehead atoms. The minimum atomic E-state index is -0.599. The van der Waals surface area contributed by atoms with Gasteiger partial charge in [-0.1, -0.05) is 69.4 Å². The summed E-state index contributed by atoms with van der Waals surface area (Å²) in [5, 5.41) is 21.6. The topological polar surface area (TPSA) is 89.7 Å². The Balaban J connectivity index is 2.09. The molecule has 0 saturated carbocycles. The molecule has 2 rings (SSSR count). The summed E-state index contributed by atoms with van der Waals surface area (Å²) in [7, 11) is 0. The number of hydrogen-bond donors (Lipinski definition) is 1. The number of phenolic OH excluding ortho intramolecular Hbond substituents is 1. The Kier molecular flexibility index (Phi) is 7.79. The summed E-state index contributed by atoms with van der Waals surface area (Å²) in [6.45, 7) is 2.49. The van der Waals surface area contributed by atoms with E-state index in [1.807, 2.05) is 0 Å². The minimum Gasteiger partial charge on any atom is -0.507 e. The third-order valence-corrected chi connectivity index (χ3v) is 4.31. The van der Waals surface area contributed by atoms with Crippen LogP contribution in [0.25, 0.3) is 0 Å².